The molecule has 1 heterocycles. The number of anilines is 2. The number of sulfonamides is 1. The molecule has 2 N–H and O–H groups in total. The van der Waals surface area contributed by atoms with Crippen molar-refractivity contribution in [3.05, 3.63) is 23.8 Å². The summed E-state index contributed by atoms with van der Waals surface area (Å²) in [6, 6.07) is 4.36. The summed E-state index contributed by atoms with van der Waals surface area (Å²) in [6.45, 7) is 5.60. The lowest BCUT2D eigenvalue weighted by molar-refractivity contribution is -0.137. The Hall–Kier alpha value is -1.52. The molecule has 3 rings (SSSR count). The Morgan fingerprint density at radius 1 is 1.13 bits per heavy atom. The van der Waals surface area contributed by atoms with Crippen LogP contribution < -0.4 is 14.9 Å². The maximum atomic E-state index is 13.7. The van der Waals surface area contributed by atoms with E-state index in [-0.39, 0.29) is 11.7 Å². The summed E-state index contributed by atoms with van der Waals surface area (Å²) in [5, 5.41) is 2.69. The van der Waals surface area contributed by atoms with Gasteiger partial charge < -0.3 is 15.0 Å². The van der Waals surface area contributed by atoms with Crippen molar-refractivity contribution in [2.45, 2.75) is 57.0 Å². The Morgan fingerprint density at radius 2 is 1.77 bits per heavy atom. The van der Waals surface area contributed by atoms with E-state index in [1.54, 1.807) is 24.8 Å². The molecule has 0 aromatic heterocycles. The van der Waals surface area contributed by atoms with Crippen molar-refractivity contribution >= 4 is 21.4 Å². The van der Waals surface area contributed by atoms with Crippen molar-refractivity contribution in [3.63, 3.8) is 0 Å². The minimum absolute atomic E-state index is 0.0618. The highest BCUT2D eigenvalue weighted by Gasteiger charge is 2.35. The maximum Gasteiger partial charge on any atom is 0.418 e. The normalized spacial score (nSPS) is 23.2. The first-order valence-electron chi connectivity index (χ1n) is 10.8. The quantitative estimate of drug-likeness (QED) is 0.643. The van der Waals surface area contributed by atoms with Crippen LogP contribution in [0.3, 0.4) is 0 Å². The Bertz CT molecular complexity index is 832. The lowest BCUT2D eigenvalue weighted by Crippen LogP contribution is -2.41. The lowest BCUT2D eigenvalue weighted by Gasteiger charge is -2.32. The molecule has 0 spiro atoms. The van der Waals surface area contributed by atoms with Crippen LogP contribution in [-0.4, -0.2) is 52.6 Å². The van der Waals surface area contributed by atoms with Crippen molar-refractivity contribution < 1.29 is 26.3 Å². The van der Waals surface area contributed by atoms with E-state index in [2.05, 4.69) is 10.0 Å². The Kier molecular flexibility index (Phi) is 7.75. The molecule has 0 amide bonds. The first kappa shape index (κ1) is 24.1. The number of hydrogen-bond acceptors (Lipinski definition) is 5. The average molecular weight is 464 g/mol. The van der Waals surface area contributed by atoms with Crippen molar-refractivity contribution in [2.24, 2.45) is 5.92 Å². The summed E-state index contributed by atoms with van der Waals surface area (Å²) in [7, 11) is -3.29. The van der Waals surface area contributed by atoms with Gasteiger partial charge in [-0.05, 0) is 63.6 Å². The molecule has 1 aromatic rings. The molecular weight excluding hydrogens is 431 g/mol. The summed E-state index contributed by atoms with van der Waals surface area (Å²) in [6.07, 6.45) is -1.30. The third-order valence-corrected chi connectivity index (χ3v) is 7.95. The highest BCUT2D eigenvalue weighted by atomic mass is 32.2. The molecule has 0 unspecified atom stereocenters. The summed E-state index contributed by atoms with van der Waals surface area (Å²) >= 11 is 0. The number of nitrogens with one attached hydrogen (secondary N) is 2. The van der Waals surface area contributed by atoms with E-state index in [0.717, 1.165) is 25.7 Å². The second-order valence-corrected chi connectivity index (χ2v) is 10.9. The zero-order valence-corrected chi connectivity index (χ0v) is 18.9. The van der Waals surface area contributed by atoms with Gasteiger partial charge in [0.25, 0.3) is 0 Å². The first-order chi connectivity index (χ1) is 14.6. The van der Waals surface area contributed by atoms with Crippen LogP contribution in [0.25, 0.3) is 0 Å². The molecular formula is C21H32F3N3O3S. The zero-order valence-electron chi connectivity index (χ0n) is 18.0. The van der Waals surface area contributed by atoms with Gasteiger partial charge in [-0.1, -0.05) is 0 Å². The number of rotatable bonds is 7. The van der Waals surface area contributed by atoms with Crippen LogP contribution in [-0.2, 0) is 20.9 Å². The SMILES string of the molecule is CC(C)S(=O)(=O)N[C@H]1CC[C@H](CNc2ccc(N3CCOCC3)c(C(F)(F)F)c2)CC1. The van der Waals surface area contributed by atoms with Crippen LogP contribution >= 0.6 is 0 Å². The number of benzene rings is 1. The number of hydrogen-bond donors (Lipinski definition) is 2. The maximum absolute atomic E-state index is 13.7. The van der Waals surface area contributed by atoms with Gasteiger partial charge in [-0.2, -0.15) is 13.2 Å². The Balaban J connectivity index is 1.57. The monoisotopic (exact) mass is 463 g/mol. The van der Waals surface area contributed by atoms with Crippen LogP contribution in [0.15, 0.2) is 18.2 Å². The molecule has 0 bridgehead atoms. The van der Waals surface area contributed by atoms with Crippen LogP contribution in [0.4, 0.5) is 24.5 Å². The zero-order chi connectivity index (χ0) is 22.6. The molecule has 1 aromatic carbocycles. The van der Waals surface area contributed by atoms with Crippen molar-refractivity contribution in [1.82, 2.24) is 4.72 Å². The second kappa shape index (κ2) is 9.95. The summed E-state index contributed by atoms with van der Waals surface area (Å²) in [5.41, 5.74) is 0.0115. The second-order valence-electron chi connectivity index (χ2n) is 8.64. The molecule has 6 nitrogen and oxygen atoms in total. The van der Waals surface area contributed by atoms with Crippen LogP contribution in [0.2, 0.25) is 0 Å². The summed E-state index contributed by atoms with van der Waals surface area (Å²) in [5.74, 6) is 0.299. The fourth-order valence-corrected chi connectivity index (χ4v) is 5.04. The molecule has 10 heteroatoms. The Labute approximate surface area is 182 Å². The smallest absolute Gasteiger partial charge is 0.385 e. The molecule has 0 atom stereocenters. The highest BCUT2D eigenvalue weighted by molar-refractivity contribution is 7.90. The number of halogens is 3. The van der Waals surface area contributed by atoms with Crippen molar-refractivity contribution in [2.75, 3.05) is 43.1 Å². The van der Waals surface area contributed by atoms with E-state index >= 15 is 0 Å². The van der Waals surface area contributed by atoms with Gasteiger partial charge in [0.15, 0.2) is 0 Å². The highest BCUT2D eigenvalue weighted by Crippen LogP contribution is 2.38. The molecule has 1 saturated heterocycles. The molecule has 0 radical (unpaired) electrons. The topological polar surface area (TPSA) is 70.7 Å². The van der Waals surface area contributed by atoms with Gasteiger partial charge in [0.2, 0.25) is 10.0 Å². The van der Waals surface area contributed by atoms with E-state index in [0.29, 0.717) is 44.5 Å². The van der Waals surface area contributed by atoms with Gasteiger partial charge in [-0.25, -0.2) is 13.1 Å². The standard InChI is InChI=1S/C21H32F3N3O3S/c1-15(2)31(28,29)26-17-5-3-16(4-6-17)14-25-18-7-8-20(19(13-18)21(22,23)24)27-9-11-30-12-10-27/h7-8,13,15-17,25-26H,3-6,9-12,14H2,1-2H3/t16-,17-. The molecule has 31 heavy (non-hydrogen) atoms. The van der Waals surface area contributed by atoms with Gasteiger partial charge >= 0.3 is 6.18 Å². The third kappa shape index (κ3) is 6.49. The fourth-order valence-electron chi connectivity index (χ4n) is 4.07. The van der Waals surface area contributed by atoms with E-state index in [1.165, 1.54) is 12.1 Å². The van der Waals surface area contributed by atoms with Gasteiger partial charge in [0.05, 0.1) is 24.0 Å². The van der Waals surface area contributed by atoms with E-state index in [1.807, 2.05) is 0 Å². The molecule has 1 aliphatic heterocycles. The van der Waals surface area contributed by atoms with E-state index in [4.69, 9.17) is 4.74 Å². The number of nitrogens with zero attached hydrogens (tertiary/aromatic N) is 1. The predicted molar refractivity (Wildman–Crippen MR) is 116 cm³/mol. The number of ether oxygens (including phenoxy) is 1. The van der Waals surface area contributed by atoms with Crippen LogP contribution in [0, 0.1) is 5.92 Å². The minimum atomic E-state index is -4.43. The Morgan fingerprint density at radius 3 is 2.35 bits per heavy atom. The van der Waals surface area contributed by atoms with Crippen LogP contribution in [0.1, 0.15) is 45.1 Å². The van der Waals surface area contributed by atoms with Gasteiger partial charge in [-0.15, -0.1) is 0 Å². The minimum Gasteiger partial charge on any atom is -0.385 e. The molecule has 1 saturated carbocycles. The number of alkyl halides is 3. The fraction of sp³-hybridized carbons (Fsp3) is 0.714. The van der Waals surface area contributed by atoms with Gasteiger partial charge in [-0.3, -0.25) is 0 Å². The largest absolute Gasteiger partial charge is 0.418 e. The first-order valence-corrected chi connectivity index (χ1v) is 12.4. The van der Waals surface area contributed by atoms with Crippen molar-refractivity contribution in [3.8, 4) is 0 Å². The third-order valence-electron chi connectivity index (χ3n) is 6.05. The molecule has 1 aliphatic carbocycles. The van der Waals surface area contributed by atoms with E-state index in [9.17, 15) is 21.6 Å². The van der Waals surface area contributed by atoms with Crippen molar-refractivity contribution in [1.29, 1.82) is 0 Å². The van der Waals surface area contributed by atoms with E-state index < -0.39 is 27.0 Å². The molecule has 2 fully saturated rings. The average Bonchev–Trinajstić information content (AvgIpc) is 2.73. The molecule has 176 valence electrons. The molecule has 2 aliphatic rings. The lowest BCUT2D eigenvalue weighted by atomic mass is 9.86. The summed E-state index contributed by atoms with van der Waals surface area (Å²) < 4.78 is 73.1. The van der Waals surface area contributed by atoms with Crippen LogP contribution in [0.5, 0.6) is 0 Å². The van der Waals surface area contributed by atoms with Gasteiger partial charge in [0.1, 0.15) is 0 Å². The summed E-state index contributed by atoms with van der Waals surface area (Å²) in [4.78, 5) is 1.72. The van der Waals surface area contributed by atoms with Gasteiger partial charge in [0, 0.05) is 37.1 Å². The number of morpholine rings is 1. The predicted octanol–water partition coefficient (Wildman–Crippen LogP) is 3.84.